The van der Waals surface area contributed by atoms with Crippen LogP contribution in [0.4, 0.5) is 20.2 Å². The molecule has 1 aromatic carbocycles. The van der Waals surface area contributed by atoms with Gasteiger partial charge in [0.25, 0.3) is 6.43 Å². The van der Waals surface area contributed by atoms with Crippen LogP contribution in [0.1, 0.15) is 12.0 Å². The molecule has 102 valence electrons. The van der Waals surface area contributed by atoms with Gasteiger partial charge in [-0.25, -0.2) is 8.78 Å². The van der Waals surface area contributed by atoms with Gasteiger partial charge in [-0.05, 0) is 18.2 Å². The highest BCUT2D eigenvalue weighted by Gasteiger charge is 2.07. The number of ether oxygens (including phenoxy) is 1. The van der Waals surface area contributed by atoms with Gasteiger partial charge in [-0.15, -0.1) is 0 Å². The largest absolute Gasteiger partial charge is 0.397 e. The predicted octanol–water partition coefficient (Wildman–Crippen LogP) is 1.75. The molecule has 0 aliphatic heterocycles. The maximum atomic E-state index is 11.8. The fourth-order valence-electron chi connectivity index (χ4n) is 1.30. The molecule has 0 spiro atoms. The van der Waals surface area contributed by atoms with Gasteiger partial charge in [0.15, 0.2) is 0 Å². The van der Waals surface area contributed by atoms with E-state index in [0.717, 1.165) is 0 Å². The molecule has 0 aliphatic rings. The topological polar surface area (TPSA) is 88.1 Å². The van der Waals surface area contributed by atoms with E-state index in [0.29, 0.717) is 11.3 Å². The van der Waals surface area contributed by atoms with Crippen LogP contribution >= 0.6 is 0 Å². The number of hydrogen-bond donors (Lipinski definition) is 2. The summed E-state index contributed by atoms with van der Waals surface area (Å²) >= 11 is 0. The second-order valence-electron chi connectivity index (χ2n) is 3.68. The molecule has 1 amide bonds. The number of halogens is 2. The first kappa shape index (κ1) is 14.9. The normalized spacial score (nSPS) is 10.2. The fraction of sp³-hybridized carbons (Fsp3) is 0.333. The smallest absolute Gasteiger partial charge is 0.261 e. The Labute approximate surface area is 109 Å². The fourth-order valence-corrected chi connectivity index (χ4v) is 1.30. The Kier molecular flexibility index (Phi) is 5.70. The van der Waals surface area contributed by atoms with Gasteiger partial charge in [-0.3, -0.25) is 4.79 Å². The third-order valence-electron chi connectivity index (χ3n) is 2.17. The Balaban J connectivity index is 2.42. The molecule has 0 bridgehead atoms. The summed E-state index contributed by atoms with van der Waals surface area (Å²) in [5.74, 6) is -0.398. The molecule has 0 saturated heterocycles. The van der Waals surface area contributed by atoms with E-state index in [4.69, 9.17) is 11.0 Å². The number of nitrogens with zero attached hydrogens (tertiary/aromatic N) is 1. The van der Waals surface area contributed by atoms with Gasteiger partial charge < -0.3 is 15.8 Å². The molecule has 3 N–H and O–H groups in total. The lowest BCUT2D eigenvalue weighted by Gasteiger charge is -2.08. The van der Waals surface area contributed by atoms with Crippen molar-refractivity contribution in [3.63, 3.8) is 0 Å². The first-order chi connectivity index (χ1) is 9.02. The van der Waals surface area contributed by atoms with E-state index in [1.54, 1.807) is 0 Å². The maximum absolute atomic E-state index is 11.8. The number of nitriles is 1. The van der Waals surface area contributed by atoms with Crippen molar-refractivity contribution in [3.05, 3.63) is 23.8 Å². The Hall–Kier alpha value is -2.20. The zero-order valence-corrected chi connectivity index (χ0v) is 10.0. The van der Waals surface area contributed by atoms with E-state index in [2.05, 4.69) is 10.1 Å². The summed E-state index contributed by atoms with van der Waals surface area (Å²) in [5.41, 5.74) is 6.67. The molecule has 0 radical (unpaired) electrons. The number of nitrogens with two attached hydrogens (primary N) is 1. The molecular formula is C12H13F2N3O2. The van der Waals surface area contributed by atoms with Crippen molar-refractivity contribution in [1.82, 2.24) is 0 Å². The minimum Gasteiger partial charge on any atom is -0.397 e. The molecule has 7 heteroatoms. The number of anilines is 2. The van der Waals surface area contributed by atoms with Crippen LogP contribution in [0.25, 0.3) is 0 Å². The molecule has 1 aromatic rings. The van der Waals surface area contributed by atoms with Gasteiger partial charge in [-0.2, -0.15) is 5.26 Å². The molecule has 0 atom stereocenters. The molecule has 0 fully saturated rings. The molecule has 0 heterocycles. The first-order valence-electron chi connectivity index (χ1n) is 5.48. The van der Waals surface area contributed by atoms with Crippen LogP contribution in [0.15, 0.2) is 18.2 Å². The SMILES string of the molecule is N#Cc1ccc(NC(=O)CCOCC(F)F)c(N)c1. The predicted molar refractivity (Wildman–Crippen MR) is 65.6 cm³/mol. The van der Waals surface area contributed by atoms with Crippen molar-refractivity contribution in [2.24, 2.45) is 0 Å². The van der Waals surface area contributed by atoms with Crippen molar-refractivity contribution >= 4 is 17.3 Å². The van der Waals surface area contributed by atoms with Crippen molar-refractivity contribution in [2.45, 2.75) is 12.8 Å². The highest BCUT2D eigenvalue weighted by atomic mass is 19.3. The summed E-state index contributed by atoms with van der Waals surface area (Å²) < 4.78 is 28.1. The van der Waals surface area contributed by atoms with E-state index in [9.17, 15) is 13.6 Å². The summed E-state index contributed by atoms with van der Waals surface area (Å²) in [6.45, 7) is -0.779. The highest BCUT2D eigenvalue weighted by molar-refractivity contribution is 5.94. The summed E-state index contributed by atoms with van der Waals surface area (Å²) in [4.78, 5) is 11.5. The van der Waals surface area contributed by atoms with Crippen LogP contribution in [0, 0.1) is 11.3 Å². The molecule has 0 aliphatic carbocycles. The summed E-state index contributed by atoms with van der Waals surface area (Å²) in [5, 5.41) is 11.2. The van der Waals surface area contributed by atoms with Gasteiger partial charge in [0.1, 0.15) is 6.61 Å². The van der Waals surface area contributed by atoms with Gasteiger partial charge >= 0.3 is 0 Å². The first-order valence-corrected chi connectivity index (χ1v) is 5.48. The number of carbonyl (C=O) groups excluding carboxylic acids is 1. The van der Waals surface area contributed by atoms with Gasteiger partial charge in [0, 0.05) is 0 Å². The number of carbonyl (C=O) groups is 1. The van der Waals surface area contributed by atoms with Crippen molar-refractivity contribution in [2.75, 3.05) is 24.3 Å². The Morgan fingerprint density at radius 1 is 1.53 bits per heavy atom. The number of amides is 1. The van der Waals surface area contributed by atoms with Crippen LogP contribution in [0.3, 0.4) is 0 Å². The van der Waals surface area contributed by atoms with Crippen LogP contribution in [-0.4, -0.2) is 25.5 Å². The van der Waals surface area contributed by atoms with Gasteiger partial charge in [0.05, 0.1) is 36.0 Å². The molecule has 0 unspecified atom stereocenters. The lowest BCUT2D eigenvalue weighted by Crippen LogP contribution is -2.16. The van der Waals surface area contributed by atoms with Crippen LogP contribution in [0.2, 0.25) is 0 Å². The molecule has 19 heavy (non-hydrogen) atoms. The maximum Gasteiger partial charge on any atom is 0.261 e. The molecule has 0 saturated carbocycles. The molecule has 0 aromatic heterocycles. The average Bonchev–Trinajstić information content (AvgIpc) is 2.37. The van der Waals surface area contributed by atoms with Crippen LogP contribution in [0.5, 0.6) is 0 Å². The van der Waals surface area contributed by atoms with E-state index >= 15 is 0 Å². The molecular weight excluding hydrogens is 256 g/mol. The van der Waals surface area contributed by atoms with Crippen LogP contribution < -0.4 is 11.1 Å². The lowest BCUT2D eigenvalue weighted by molar-refractivity contribution is -0.117. The van der Waals surface area contributed by atoms with Crippen molar-refractivity contribution in [1.29, 1.82) is 5.26 Å². The number of hydrogen-bond acceptors (Lipinski definition) is 4. The Morgan fingerprint density at radius 3 is 2.84 bits per heavy atom. The number of alkyl halides is 2. The number of nitrogens with one attached hydrogen (secondary N) is 1. The minimum absolute atomic E-state index is 0.0494. The van der Waals surface area contributed by atoms with E-state index in [-0.39, 0.29) is 18.7 Å². The van der Waals surface area contributed by atoms with E-state index < -0.39 is 18.9 Å². The van der Waals surface area contributed by atoms with E-state index in [1.165, 1.54) is 18.2 Å². The monoisotopic (exact) mass is 269 g/mol. The van der Waals surface area contributed by atoms with Gasteiger partial charge in [-0.1, -0.05) is 0 Å². The third-order valence-corrected chi connectivity index (χ3v) is 2.17. The average molecular weight is 269 g/mol. The summed E-state index contributed by atoms with van der Waals surface area (Å²) in [6, 6.07) is 6.37. The highest BCUT2D eigenvalue weighted by Crippen LogP contribution is 2.19. The standard InChI is InChI=1S/C12H13F2N3O2/c13-11(14)7-19-4-3-12(18)17-10-2-1-8(6-15)5-9(10)16/h1-2,5,11H,3-4,7,16H2,(H,17,18). The second kappa shape index (κ2) is 7.28. The van der Waals surface area contributed by atoms with Crippen molar-refractivity contribution in [3.8, 4) is 6.07 Å². The molecule has 5 nitrogen and oxygen atoms in total. The minimum atomic E-state index is -2.54. The zero-order chi connectivity index (χ0) is 14.3. The third kappa shape index (κ3) is 5.31. The zero-order valence-electron chi connectivity index (χ0n) is 10.0. The summed E-state index contributed by atoms with van der Waals surface area (Å²) in [7, 11) is 0. The van der Waals surface area contributed by atoms with Gasteiger partial charge in [0.2, 0.25) is 5.91 Å². The number of rotatable bonds is 6. The number of benzene rings is 1. The van der Waals surface area contributed by atoms with E-state index in [1.807, 2.05) is 6.07 Å². The quantitative estimate of drug-likeness (QED) is 0.608. The Morgan fingerprint density at radius 2 is 2.26 bits per heavy atom. The van der Waals surface area contributed by atoms with Crippen LogP contribution in [-0.2, 0) is 9.53 Å². The number of nitrogen functional groups attached to an aromatic ring is 1. The molecule has 1 rings (SSSR count). The lowest BCUT2D eigenvalue weighted by atomic mass is 10.2. The Bertz CT molecular complexity index is 486. The second-order valence-corrected chi connectivity index (χ2v) is 3.68. The van der Waals surface area contributed by atoms with Crippen molar-refractivity contribution < 1.29 is 18.3 Å². The summed E-state index contributed by atoms with van der Waals surface area (Å²) in [6.07, 6.45) is -2.59.